The summed E-state index contributed by atoms with van der Waals surface area (Å²) in [6.07, 6.45) is 0.650. The highest BCUT2D eigenvalue weighted by Gasteiger charge is 2.31. The van der Waals surface area contributed by atoms with Crippen molar-refractivity contribution in [1.29, 1.82) is 0 Å². The first kappa shape index (κ1) is 21.1. The van der Waals surface area contributed by atoms with E-state index in [-0.39, 0.29) is 16.6 Å². The molecule has 10 nitrogen and oxygen atoms in total. The summed E-state index contributed by atoms with van der Waals surface area (Å²) in [7, 11) is 3.13. The smallest absolute Gasteiger partial charge is 0.342 e. The maximum Gasteiger partial charge on any atom is 0.342 e. The Morgan fingerprint density at radius 3 is 2.42 bits per heavy atom. The monoisotopic (exact) mass is 469 g/mol. The molecule has 2 aromatic carbocycles. The molecule has 3 aromatic rings. The number of thioether (sulfide) groups is 1. The lowest BCUT2D eigenvalue weighted by Crippen LogP contribution is -2.31. The maximum absolute atomic E-state index is 12.9. The lowest BCUT2D eigenvalue weighted by atomic mass is 9.97. The molecule has 0 unspecified atom stereocenters. The van der Waals surface area contributed by atoms with Crippen molar-refractivity contribution in [3.05, 3.63) is 61.3 Å². The van der Waals surface area contributed by atoms with Gasteiger partial charge in [0.05, 0.1) is 40.9 Å². The number of carboxylic acid groups (broad SMARTS) is 1. The van der Waals surface area contributed by atoms with Gasteiger partial charge in [0.15, 0.2) is 11.5 Å². The van der Waals surface area contributed by atoms with Crippen molar-refractivity contribution < 1.29 is 24.3 Å². The van der Waals surface area contributed by atoms with E-state index in [0.717, 1.165) is 11.1 Å². The molecular formula is C22H19N3O7S. The summed E-state index contributed by atoms with van der Waals surface area (Å²) >= 11 is 1.27. The van der Waals surface area contributed by atoms with Crippen LogP contribution in [-0.4, -0.2) is 41.3 Å². The highest BCUT2D eigenvalue weighted by atomic mass is 32.2. The van der Waals surface area contributed by atoms with Gasteiger partial charge in [-0.1, -0.05) is 11.8 Å². The molecule has 0 saturated heterocycles. The second kappa shape index (κ2) is 7.69. The zero-order chi connectivity index (χ0) is 23.4. The van der Waals surface area contributed by atoms with E-state index in [1.54, 1.807) is 24.9 Å². The number of aromatic nitrogens is 1. The van der Waals surface area contributed by atoms with Crippen LogP contribution >= 0.6 is 11.8 Å². The largest absolute Gasteiger partial charge is 0.493 e. The first-order chi connectivity index (χ1) is 15.8. The van der Waals surface area contributed by atoms with E-state index in [0.29, 0.717) is 53.1 Å². The Morgan fingerprint density at radius 1 is 1.15 bits per heavy atom. The molecule has 11 heteroatoms. The van der Waals surface area contributed by atoms with E-state index < -0.39 is 16.3 Å². The fourth-order valence-corrected chi connectivity index (χ4v) is 5.41. The van der Waals surface area contributed by atoms with Crippen molar-refractivity contribution in [1.82, 2.24) is 4.57 Å². The Labute approximate surface area is 191 Å². The third-order valence-electron chi connectivity index (χ3n) is 6.11. The minimum atomic E-state index is -1.33. The number of nitro benzene ring substituents is 1. The summed E-state index contributed by atoms with van der Waals surface area (Å²) in [6, 6.07) is 6.64. The van der Waals surface area contributed by atoms with Crippen LogP contribution in [0.5, 0.6) is 11.5 Å². The van der Waals surface area contributed by atoms with Crippen molar-refractivity contribution in [3.8, 4) is 11.5 Å². The van der Waals surface area contributed by atoms with E-state index in [4.69, 9.17) is 9.47 Å². The van der Waals surface area contributed by atoms with E-state index in [1.807, 2.05) is 17.0 Å². The number of rotatable bonds is 5. The summed E-state index contributed by atoms with van der Waals surface area (Å²) < 4.78 is 12.5. The van der Waals surface area contributed by atoms with Crippen molar-refractivity contribution in [2.45, 2.75) is 23.9 Å². The van der Waals surface area contributed by atoms with Crippen LogP contribution in [0.3, 0.4) is 0 Å². The number of nitrogens with zero attached hydrogens (tertiary/aromatic N) is 3. The Bertz CT molecular complexity index is 1420. The third kappa shape index (κ3) is 3.18. The second-order valence-corrected chi connectivity index (χ2v) is 8.71. The molecule has 0 saturated carbocycles. The number of ether oxygens (including phenoxy) is 2. The number of carbonyl (C=O) groups is 1. The van der Waals surface area contributed by atoms with Gasteiger partial charge in [-0.2, -0.15) is 0 Å². The average Bonchev–Trinajstić information content (AvgIpc) is 2.78. The average molecular weight is 469 g/mol. The predicted molar refractivity (Wildman–Crippen MR) is 122 cm³/mol. The number of carboxylic acids is 1. The van der Waals surface area contributed by atoms with Gasteiger partial charge in [-0.25, -0.2) is 4.79 Å². The third-order valence-corrected chi connectivity index (χ3v) is 7.20. The van der Waals surface area contributed by atoms with Gasteiger partial charge in [-0.05, 0) is 35.7 Å². The molecule has 0 spiro atoms. The van der Waals surface area contributed by atoms with Crippen molar-refractivity contribution in [2.24, 2.45) is 0 Å². The molecule has 0 aliphatic carbocycles. The van der Waals surface area contributed by atoms with Crippen LogP contribution in [0.15, 0.2) is 34.1 Å². The molecule has 1 aromatic heterocycles. The lowest BCUT2D eigenvalue weighted by molar-refractivity contribution is -0.384. The number of benzene rings is 2. The van der Waals surface area contributed by atoms with Gasteiger partial charge in [-0.3, -0.25) is 14.9 Å². The molecule has 1 N–H and O–H groups in total. The van der Waals surface area contributed by atoms with Gasteiger partial charge >= 0.3 is 5.97 Å². The van der Waals surface area contributed by atoms with E-state index in [2.05, 4.69) is 0 Å². The standard InChI is InChI=1S/C22H19N3O7S/c1-31-17-5-11-3-4-23(9-12(11)6-18(17)32-2)15-8-14-13(7-16(15)25(29)30)20(26)19(22(27)28)21-24(14)10-33-21/h5-8H,3-4,9-10H2,1-2H3,(H,27,28). The highest BCUT2D eigenvalue weighted by molar-refractivity contribution is 7.99. The van der Waals surface area contributed by atoms with Gasteiger partial charge < -0.3 is 24.0 Å². The number of hydrogen-bond donors (Lipinski definition) is 1. The number of aromatic carboxylic acids is 1. The minimum Gasteiger partial charge on any atom is -0.493 e. The van der Waals surface area contributed by atoms with Crippen molar-refractivity contribution in [2.75, 3.05) is 25.7 Å². The highest BCUT2D eigenvalue weighted by Crippen LogP contribution is 2.41. The summed E-state index contributed by atoms with van der Waals surface area (Å²) in [5, 5.41) is 21.8. The van der Waals surface area contributed by atoms with Crippen LogP contribution in [0.2, 0.25) is 0 Å². The fourth-order valence-electron chi connectivity index (χ4n) is 4.46. The molecule has 33 heavy (non-hydrogen) atoms. The van der Waals surface area contributed by atoms with Crippen molar-refractivity contribution >= 4 is 40.0 Å². The van der Waals surface area contributed by atoms with Gasteiger partial charge in [0.1, 0.15) is 11.3 Å². The summed E-state index contributed by atoms with van der Waals surface area (Å²) in [5.74, 6) is 0.356. The van der Waals surface area contributed by atoms with Crippen LogP contribution in [0.25, 0.3) is 10.9 Å². The molecule has 0 atom stereocenters. The van der Waals surface area contributed by atoms with Gasteiger partial charge in [0.25, 0.3) is 5.69 Å². The Kier molecular flexibility index (Phi) is 4.93. The Hall–Kier alpha value is -3.73. The molecule has 170 valence electrons. The SMILES string of the molecule is COc1cc2c(cc1OC)CN(c1cc3c(cc1[N+](=O)[O-])c(=O)c(C(=O)O)c1n3CS1)CC2. The van der Waals surface area contributed by atoms with Crippen LogP contribution < -0.4 is 19.8 Å². The van der Waals surface area contributed by atoms with Gasteiger partial charge in [-0.15, -0.1) is 0 Å². The van der Waals surface area contributed by atoms with Crippen LogP contribution in [-0.2, 0) is 18.8 Å². The summed E-state index contributed by atoms with van der Waals surface area (Å²) in [6.45, 7) is 0.953. The number of fused-ring (bicyclic) bond motifs is 4. The molecular weight excluding hydrogens is 450 g/mol. The quantitative estimate of drug-likeness (QED) is 0.443. The molecule has 3 heterocycles. The number of methoxy groups -OCH3 is 2. The predicted octanol–water partition coefficient (Wildman–Crippen LogP) is 3.25. The summed E-state index contributed by atoms with van der Waals surface area (Å²) in [5.41, 5.74) is 1.66. The molecule has 0 fully saturated rings. The zero-order valence-corrected chi connectivity index (χ0v) is 18.6. The van der Waals surface area contributed by atoms with E-state index >= 15 is 0 Å². The molecule has 2 aliphatic heterocycles. The van der Waals surface area contributed by atoms with Crippen molar-refractivity contribution in [3.63, 3.8) is 0 Å². The first-order valence-corrected chi connectivity index (χ1v) is 11.1. The molecule has 0 bridgehead atoms. The van der Waals surface area contributed by atoms with Crippen LogP contribution in [0.1, 0.15) is 21.5 Å². The molecule has 5 rings (SSSR count). The fraction of sp³-hybridized carbons (Fsp3) is 0.273. The van der Waals surface area contributed by atoms with E-state index in [9.17, 15) is 24.8 Å². The number of pyridine rings is 1. The molecule has 0 radical (unpaired) electrons. The molecule has 0 amide bonds. The van der Waals surface area contributed by atoms with Crippen LogP contribution in [0.4, 0.5) is 11.4 Å². The Morgan fingerprint density at radius 2 is 1.85 bits per heavy atom. The number of hydrogen-bond acceptors (Lipinski definition) is 8. The molecule has 2 aliphatic rings. The topological polar surface area (TPSA) is 124 Å². The Balaban J connectivity index is 1.66. The first-order valence-electron chi connectivity index (χ1n) is 10.1. The van der Waals surface area contributed by atoms with Crippen LogP contribution in [0, 0.1) is 10.1 Å². The lowest BCUT2D eigenvalue weighted by Gasteiger charge is -2.32. The van der Waals surface area contributed by atoms with E-state index in [1.165, 1.54) is 17.8 Å². The second-order valence-electron chi connectivity index (χ2n) is 7.78. The van der Waals surface area contributed by atoms with Gasteiger partial charge in [0.2, 0.25) is 5.43 Å². The summed E-state index contributed by atoms with van der Waals surface area (Å²) in [4.78, 5) is 37.8. The maximum atomic E-state index is 12.9. The number of nitro groups is 1. The minimum absolute atomic E-state index is 0.0377. The number of anilines is 1. The zero-order valence-electron chi connectivity index (χ0n) is 17.8. The van der Waals surface area contributed by atoms with Gasteiger partial charge in [0, 0.05) is 19.2 Å². The normalized spacial score (nSPS) is 14.3.